The lowest BCUT2D eigenvalue weighted by atomic mass is 10.1. The predicted molar refractivity (Wildman–Crippen MR) is 139 cm³/mol. The van der Waals surface area contributed by atoms with E-state index in [4.69, 9.17) is 11.6 Å². The Kier molecular flexibility index (Phi) is 8.25. The van der Waals surface area contributed by atoms with Gasteiger partial charge in [-0.3, -0.25) is 9.59 Å². The van der Waals surface area contributed by atoms with Crippen molar-refractivity contribution in [1.29, 1.82) is 0 Å². The molecule has 0 radical (unpaired) electrons. The summed E-state index contributed by atoms with van der Waals surface area (Å²) in [5.74, 6) is -0.958. The van der Waals surface area contributed by atoms with Crippen LogP contribution in [-0.2, 0) is 12.7 Å². The number of hydrogen-bond acceptors (Lipinski definition) is 4. The molecule has 7 nitrogen and oxygen atoms in total. The number of aromatic amines is 1. The molecule has 1 aromatic heterocycles. The molecule has 1 heterocycles. The quantitative estimate of drug-likeness (QED) is 0.231. The summed E-state index contributed by atoms with van der Waals surface area (Å²) >= 11 is 6.16. The lowest BCUT2D eigenvalue weighted by molar-refractivity contribution is -0.137. The Labute approximate surface area is 216 Å². The van der Waals surface area contributed by atoms with Crippen LogP contribution in [0, 0.1) is 6.92 Å². The van der Waals surface area contributed by atoms with Crippen LogP contribution in [0.1, 0.15) is 45.1 Å². The number of carbonyl (C=O) groups is 2. The first-order valence-electron chi connectivity index (χ1n) is 10.8. The van der Waals surface area contributed by atoms with Crippen LogP contribution in [0.15, 0.2) is 54.6 Å². The van der Waals surface area contributed by atoms with Gasteiger partial charge in [-0.05, 0) is 55.9 Å². The molecule has 0 aliphatic rings. The van der Waals surface area contributed by atoms with Gasteiger partial charge in [0.1, 0.15) is 11.3 Å². The summed E-state index contributed by atoms with van der Waals surface area (Å²) in [7, 11) is 1.73. The summed E-state index contributed by atoms with van der Waals surface area (Å²) in [4.78, 5) is 33.6. The number of H-pyrrole nitrogens is 1. The Hall–Kier alpha value is -3.89. The number of nitrogens with zero attached hydrogens (tertiary/aromatic N) is 1. The second-order valence-electron chi connectivity index (χ2n) is 8.00. The fraction of sp³-hybridized carbons (Fsp3) is 0.192. The maximum absolute atomic E-state index is 13.4. The third-order valence-corrected chi connectivity index (χ3v) is 5.88. The summed E-state index contributed by atoms with van der Waals surface area (Å²) in [5, 5.41) is 8.69. The van der Waals surface area contributed by atoms with Crippen LogP contribution in [-0.4, -0.2) is 28.8 Å². The van der Waals surface area contributed by atoms with Crippen molar-refractivity contribution in [3.8, 4) is 0 Å². The van der Waals surface area contributed by atoms with Crippen LogP contribution >= 0.6 is 11.6 Å². The highest BCUT2D eigenvalue weighted by molar-refractivity contribution is 6.31. The fourth-order valence-corrected chi connectivity index (χ4v) is 3.90. The second kappa shape index (κ2) is 11.0. The number of imidazole rings is 1. The normalized spacial score (nSPS) is 11.2. The molecule has 11 heteroatoms. The van der Waals surface area contributed by atoms with E-state index < -0.39 is 29.1 Å². The summed E-state index contributed by atoms with van der Waals surface area (Å²) in [6.07, 6.45) is -4.71. The van der Waals surface area contributed by atoms with Crippen LogP contribution in [0.4, 0.5) is 24.5 Å². The SMILES string of the molecule is C.CNCc1nc2c(C(=O)Nc3cccc(Cl)c3C)cc(NC(=O)c3ccccc3C(F)(F)F)cc2[nH]1. The van der Waals surface area contributed by atoms with Gasteiger partial charge in [-0.2, -0.15) is 13.2 Å². The average molecular weight is 532 g/mol. The maximum atomic E-state index is 13.4. The van der Waals surface area contributed by atoms with Gasteiger partial charge in [-0.25, -0.2) is 4.98 Å². The van der Waals surface area contributed by atoms with Crippen molar-refractivity contribution < 1.29 is 22.8 Å². The van der Waals surface area contributed by atoms with Crippen molar-refractivity contribution in [2.24, 2.45) is 0 Å². The highest BCUT2D eigenvalue weighted by atomic mass is 35.5. The fourth-order valence-electron chi connectivity index (χ4n) is 3.72. The third-order valence-electron chi connectivity index (χ3n) is 5.48. The Morgan fingerprint density at radius 2 is 1.70 bits per heavy atom. The van der Waals surface area contributed by atoms with Gasteiger partial charge >= 0.3 is 6.18 Å². The minimum absolute atomic E-state index is 0. The minimum atomic E-state index is -4.71. The molecule has 4 N–H and O–H groups in total. The number of fused-ring (bicyclic) bond motifs is 1. The number of carbonyl (C=O) groups excluding carboxylic acids is 2. The van der Waals surface area contributed by atoms with Crippen LogP contribution in [0.5, 0.6) is 0 Å². The van der Waals surface area contributed by atoms with Gasteiger partial charge < -0.3 is 20.9 Å². The molecule has 0 spiro atoms. The van der Waals surface area contributed by atoms with E-state index in [2.05, 4.69) is 25.9 Å². The van der Waals surface area contributed by atoms with Crippen molar-refractivity contribution in [3.63, 3.8) is 0 Å². The van der Waals surface area contributed by atoms with E-state index in [9.17, 15) is 22.8 Å². The molecule has 2 amide bonds. The van der Waals surface area contributed by atoms with Crippen molar-refractivity contribution in [3.05, 3.63) is 87.7 Å². The largest absolute Gasteiger partial charge is 0.417 e. The molecule has 37 heavy (non-hydrogen) atoms. The smallest absolute Gasteiger partial charge is 0.341 e. The number of halogens is 4. The minimum Gasteiger partial charge on any atom is -0.341 e. The zero-order valence-electron chi connectivity index (χ0n) is 19.2. The molecule has 0 aliphatic heterocycles. The van der Waals surface area contributed by atoms with Crippen LogP contribution < -0.4 is 16.0 Å². The number of anilines is 2. The number of hydrogen-bond donors (Lipinski definition) is 4. The molecular weight excluding hydrogens is 507 g/mol. The predicted octanol–water partition coefficient (Wildman–Crippen LogP) is 6.40. The highest BCUT2D eigenvalue weighted by Crippen LogP contribution is 2.33. The summed E-state index contributed by atoms with van der Waals surface area (Å²) in [6.45, 7) is 2.13. The Morgan fingerprint density at radius 1 is 1.00 bits per heavy atom. The van der Waals surface area contributed by atoms with E-state index in [-0.39, 0.29) is 18.7 Å². The van der Waals surface area contributed by atoms with E-state index >= 15 is 0 Å². The van der Waals surface area contributed by atoms with Crippen LogP contribution in [0.3, 0.4) is 0 Å². The van der Waals surface area contributed by atoms with Crippen molar-refractivity contribution in [1.82, 2.24) is 15.3 Å². The maximum Gasteiger partial charge on any atom is 0.417 e. The zero-order chi connectivity index (χ0) is 26.0. The number of rotatable bonds is 6. The molecular formula is C26H25ClF3N5O2. The molecule has 0 aliphatic carbocycles. The lowest BCUT2D eigenvalue weighted by Crippen LogP contribution is -2.19. The van der Waals surface area contributed by atoms with Gasteiger partial charge in [0.15, 0.2) is 0 Å². The van der Waals surface area contributed by atoms with E-state index in [0.29, 0.717) is 39.7 Å². The molecule has 0 saturated heterocycles. The molecule has 0 saturated carbocycles. The molecule has 0 atom stereocenters. The molecule has 0 unspecified atom stereocenters. The number of nitrogens with one attached hydrogen (secondary N) is 4. The lowest BCUT2D eigenvalue weighted by Gasteiger charge is -2.14. The molecule has 0 fully saturated rings. The molecule has 3 aromatic carbocycles. The number of aromatic nitrogens is 2. The van der Waals surface area contributed by atoms with E-state index in [1.807, 2.05) is 0 Å². The van der Waals surface area contributed by atoms with Crippen LogP contribution in [0.2, 0.25) is 5.02 Å². The molecule has 4 aromatic rings. The second-order valence-corrected chi connectivity index (χ2v) is 8.40. The molecule has 194 valence electrons. The van der Waals surface area contributed by atoms with Gasteiger partial charge in [-0.15, -0.1) is 0 Å². The number of amides is 2. The summed E-state index contributed by atoms with van der Waals surface area (Å²) < 4.78 is 40.2. The van der Waals surface area contributed by atoms with Gasteiger partial charge in [0.25, 0.3) is 11.8 Å². The first-order chi connectivity index (χ1) is 17.1. The molecule has 0 bridgehead atoms. The van der Waals surface area contributed by atoms with Crippen LogP contribution in [0.25, 0.3) is 11.0 Å². The third kappa shape index (κ3) is 5.92. The van der Waals surface area contributed by atoms with Crippen molar-refractivity contribution >= 4 is 45.8 Å². The van der Waals surface area contributed by atoms with E-state index in [1.165, 1.54) is 24.3 Å². The van der Waals surface area contributed by atoms with Gasteiger partial charge in [-0.1, -0.05) is 37.2 Å². The van der Waals surface area contributed by atoms with Gasteiger partial charge in [0, 0.05) is 16.4 Å². The topological polar surface area (TPSA) is 98.9 Å². The van der Waals surface area contributed by atoms with E-state index in [1.54, 1.807) is 32.2 Å². The Bertz CT molecular complexity index is 1470. The summed E-state index contributed by atoms with van der Waals surface area (Å²) in [6, 6.07) is 12.4. The molecule has 4 rings (SSSR count). The average Bonchev–Trinajstić information content (AvgIpc) is 3.23. The monoisotopic (exact) mass is 531 g/mol. The number of benzene rings is 3. The summed E-state index contributed by atoms with van der Waals surface area (Å²) in [5.41, 5.74) is 0.556. The Morgan fingerprint density at radius 3 is 2.41 bits per heavy atom. The van der Waals surface area contributed by atoms with Crippen molar-refractivity contribution in [2.75, 3.05) is 17.7 Å². The highest BCUT2D eigenvalue weighted by Gasteiger charge is 2.35. The Balaban J connectivity index is 0.00000380. The number of alkyl halides is 3. The first-order valence-corrected chi connectivity index (χ1v) is 11.2. The van der Waals surface area contributed by atoms with E-state index in [0.717, 1.165) is 12.1 Å². The van der Waals surface area contributed by atoms with Gasteiger partial charge in [0.2, 0.25) is 0 Å². The zero-order valence-corrected chi connectivity index (χ0v) is 19.9. The van der Waals surface area contributed by atoms with Gasteiger partial charge in [0.05, 0.1) is 28.8 Å². The van der Waals surface area contributed by atoms with Crippen molar-refractivity contribution in [2.45, 2.75) is 27.1 Å². The standard InChI is InChI=1S/C25H21ClF3N5O2.CH4/c1-13-18(26)8-5-9-19(13)33-24(36)16-10-14(11-20-22(16)34-21(32-20)12-30-2)31-23(35)15-6-3-4-7-17(15)25(27,28)29;/h3-11,30H,12H2,1-2H3,(H,31,35)(H,32,34)(H,33,36);1H4. The first kappa shape index (κ1) is 27.7.